The number of carbonyl (C=O) groups excluding carboxylic acids is 2. The molecular formula is C14H25N3O2. The lowest BCUT2D eigenvalue weighted by molar-refractivity contribution is -0.140. The van der Waals surface area contributed by atoms with E-state index in [1.165, 1.54) is 0 Å². The largest absolute Gasteiger partial charge is 0.342 e. The topological polar surface area (TPSA) is 52.7 Å². The molecule has 2 fully saturated rings. The van der Waals surface area contributed by atoms with E-state index in [4.69, 9.17) is 0 Å². The predicted octanol–water partition coefficient (Wildman–Crippen LogP) is 0.457. The molecule has 2 saturated heterocycles. The van der Waals surface area contributed by atoms with Gasteiger partial charge in [0.15, 0.2) is 0 Å². The van der Waals surface area contributed by atoms with Crippen LogP contribution in [-0.4, -0.2) is 61.4 Å². The van der Waals surface area contributed by atoms with Crippen LogP contribution in [0.5, 0.6) is 0 Å². The highest BCUT2D eigenvalue weighted by molar-refractivity contribution is 5.81. The van der Waals surface area contributed by atoms with Crippen LogP contribution in [-0.2, 0) is 9.59 Å². The molecule has 5 heteroatoms. The van der Waals surface area contributed by atoms with E-state index in [1.807, 2.05) is 16.8 Å². The van der Waals surface area contributed by atoms with Crippen molar-refractivity contribution in [3.8, 4) is 0 Å². The van der Waals surface area contributed by atoms with Gasteiger partial charge < -0.3 is 15.1 Å². The molecule has 2 aliphatic heterocycles. The molecule has 0 aromatic rings. The van der Waals surface area contributed by atoms with Crippen molar-refractivity contribution in [3.05, 3.63) is 0 Å². The first-order chi connectivity index (χ1) is 9.22. The van der Waals surface area contributed by atoms with Crippen molar-refractivity contribution in [1.82, 2.24) is 15.1 Å². The first kappa shape index (κ1) is 14.3. The summed E-state index contributed by atoms with van der Waals surface area (Å²) in [6.45, 7) is 3.95. The van der Waals surface area contributed by atoms with Crippen LogP contribution < -0.4 is 5.32 Å². The minimum atomic E-state index is 0.0328. The maximum atomic E-state index is 12.4. The van der Waals surface area contributed by atoms with E-state index in [2.05, 4.69) is 5.32 Å². The van der Waals surface area contributed by atoms with Gasteiger partial charge in [0.05, 0.1) is 5.92 Å². The molecule has 2 heterocycles. The summed E-state index contributed by atoms with van der Waals surface area (Å²) in [5, 5.41) is 2.99. The molecule has 0 spiro atoms. The third-order valence-corrected chi connectivity index (χ3v) is 4.13. The van der Waals surface area contributed by atoms with E-state index in [1.54, 1.807) is 0 Å². The Hall–Kier alpha value is -1.10. The van der Waals surface area contributed by atoms with E-state index in [-0.39, 0.29) is 17.7 Å². The van der Waals surface area contributed by atoms with Crippen LogP contribution >= 0.6 is 0 Å². The zero-order chi connectivity index (χ0) is 13.7. The van der Waals surface area contributed by atoms with Crippen LogP contribution in [0, 0.1) is 5.92 Å². The highest BCUT2D eigenvalue weighted by atomic mass is 16.2. The molecule has 108 valence electrons. The monoisotopic (exact) mass is 267 g/mol. The lowest BCUT2D eigenvalue weighted by Gasteiger charge is -2.34. The fraction of sp³-hybridized carbons (Fsp3) is 0.857. The molecule has 0 aliphatic carbocycles. The quantitative estimate of drug-likeness (QED) is 0.805. The number of hydrogen-bond donors (Lipinski definition) is 1. The maximum absolute atomic E-state index is 12.4. The van der Waals surface area contributed by atoms with Gasteiger partial charge >= 0.3 is 0 Å². The van der Waals surface area contributed by atoms with E-state index in [0.29, 0.717) is 19.5 Å². The Morgan fingerprint density at radius 2 is 1.79 bits per heavy atom. The molecule has 1 unspecified atom stereocenters. The number of nitrogens with one attached hydrogen (secondary N) is 1. The summed E-state index contributed by atoms with van der Waals surface area (Å²) in [5.41, 5.74) is 0. The van der Waals surface area contributed by atoms with Gasteiger partial charge in [-0.2, -0.15) is 0 Å². The zero-order valence-corrected chi connectivity index (χ0v) is 11.9. The lowest BCUT2D eigenvalue weighted by atomic mass is 9.96. The number of rotatable bonds is 4. The van der Waals surface area contributed by atoms with Gasteiger partial charge in [-0.25, -0.2) is 0 Å². The minimum absolute atomic E-state index is 0.0328. The molecule has 0 radical (unpaired) electrons. The van der Waals surface area contributed by atoms with Gasteiger partial charge in [-0.3, -0.25) is 9.59 Å². The first-order valence-corrected chi connectivity index (χ1v) is 7.43. The molecule has 1 atom stereocenters. The number of hydrogen-bond acceptors (Lipinski definition) is 3. The second kappa shape index (κ2) is 6.89. The molecule has 2 aliphatic rings. The Morgan fingerprint density at radius 3 is 2.47 bits per heavy atom. The summed E-state index contributed by atoms with van der Waals surface area (Å²) in [7, 11) is 1.85. The maximum Gasteiger partial charge on any atom is 0.227 e. The molecule has 1 N–H and O–H groups in total. The molecule has 0 aromatic carbocycles. The summed E-state index contributed by atoms with van der Waals surface area (Å²) >= 11 is 0. The normalized spacial score (nSPS) is 23.7. The van der Waals surface area contributed by atoms with Crippen LogP contribution in [0.4, 0.5) is 0 Å². The fourth-order valence-corrected chi connectivity index (χ4v) is 2.99. The second-order valence-electron chi connectivity index (χ2n) is 5.56. The summed E-state index contributed by atoms with van der Waals surface area (Å²) in [4.78, 5) is 28.2. The Bertz CT molecular complexity index is 327. The van der Waals surface area contributed by atoms with Gasteiger partial charge in [0.1, 0.15) is 0 Å². The van der Waals surface area contributed by atoms with Gasteiger partial charge in [0, 0.05) is 39.1 Å². The lowest BCUT2D eigenvalue weighted by Crippen LogP contribution is -2.46. The molecule has 0 aromatic heterocycles. The first-order valence-electron chi connectivity index (χ1n) is 7.43. The van der Waals surface area contributed by atoms with Crippen molar-refractivity contribution in [2.45, 2.75) is 32.1 Å². The van der Waals surface area contributed by atoms with Crippen molar-refractivity contribution in [2.24, 2.45) is 5.92 Å². The Balaban J connectivity index is 1.85. The van der Waals surface area contributed by atoms with Crippen LogP contribution in [0.3, 0.4) is 0 Å². The average molecular weight is 267 g/mol. The number of nitrogens with zero attached hydrogens (tertiary/aromatic N) is 2. The van der Waals surface area contributed by atoms with Crippen LogP contribution in [0.2, 0.25) is 0 Å². The van der Waals surface area contributed by atoms with E-state index >= 15 is 0 Å². The zero-order valence-electron chi connectivity index (χ0n) is 11.9. The summed E-state index contributed by atoms with van der Waals surface area (Å²) < 4.78 is 0. The van der Waals surface area contributed by atoms with E-state index in [9.17, 15) is 9.59 Å². The standard InChI is InChI=1S/C14H25N3O2/c1-15-7-6-13(18)17-10-4-5-12(11-17)14(19)16-8-2-3-9-16/h12,15H,2-11H2,1H3. The van der Waals surface area contributed by atoms with Gasteiger partial charge in [-0.05, 0) is 32.7 Å². The van der Waals surface area contributed by atoms with Gasteiger partial charge in [-0.15, -0.1) is 0 Å². The minimum Gasteiger partial charge on any atom is -0.342 e. The molecule has 0 bridgehead atoms. The third-order valence-electron chi connectivity index (χ3n) is 4.13. The second-order valence-corrected chi connectivity index (χ2v) is 5.56. The van der Waals surface area contributed by atoms with Gasteiger partial charge in [-0.1, -0.05) is 0 Å². The highest BCUT2D eigenvalue weighted by Crippen LogP contribution is 2.21. The molecular weight excluding hydrogens is 242 g/mol. The van der Waals surface area contributed by atoms with Crippen molar-refractivity contribution < 1.29 is 9.59 Å². The van der Waals surface area contributed by atoms with Crippen LogP contribution in [0.1, 0.15) is 32.1 Å². The van der Waals surface area contributed by atoms with Crippen molar-refractivity contribution in [1.29, 1.82) is 0 Å². The number of amides is 2. The number of likely N-dealkylation sites (tertiary alicyclic amines) is 2. The molecule has 0 saturated carbocycles. The Morgan fingerprint density at radius 1 is 1.11 bits per heavy atom. The van der Waals surface area contributed by atoms with Gasteiger partial charge in [0.2, 0.25) is 11.8 Å². The third kappa shape index (κ3) is 3.69. The number of piperidine rings is 1. The Kier molecular flexibility index (Phi) is 5.19. The number of carbonyl (C=O) groups is 2. The highest BCUT2D eigenvalue weighted by Gasteiger charge is 2.31. The summed E-state index contributed by atoms with van der Waals surface area (Å²) in [5.74, 6) is 0.474. The molecule has 2 rings (SSSR count). The predicted molar refractivity (Wildman–Crippen MR) is 73.7 cm³/mol. The van der Waals surface area contributed by atoms with Crippen LogP contribution in [0.25, 0.3) is 0 Å². The molecule has 5 nitrogen and oxygen atoms in total. The van der Waals surface area contributed by atoms with E-state index in [0.717, 1.165) is 45.3 Å². The smallest absolute Gasteiger partial charge is 0.227 e. The van der Waals surface area contributed by atoms with Crippen molar-refractivity contribution >= 4 is 11.8 Å². The molecule has 2 amide bonds. The average Bonchev–Trinajstić information content (AvgIpc) is 2.98. The SMILES string of the molecule is CNCCC(=O)N1CCCC(C(=O)N2CCCC2)C1. The van der Waals surface area contributed by atoms with E-state index < -0.39 is 0 Å². The van der Waals surface area contributed by atoms with Crippen LogP contribution in [0.15, 0.2) is 0 Å². The summed E-state index contributed by atoms with van der Waals surface area (Å²) in [6, 6.07) is 0. The molecule has 19 heavy (non-hydrogen) atoms. The van der Waals surface area contributed by atoms with Gasteiger partial charge in [0.25, 0.3) is 0 Å². The van der Waals surface area contributed by atoms with Crippen molar-refractivity contribution in [3.63, 3.8) is 0 Å². The van der Waals surface area contributed by atoms with Crippen molar-refractivity contribution in [2.75, 3.05) is 39.8 Å². The summed E-state index contributed by atoms with van der Waals surface area (Å²) in [6.07, 6.45) is 4.67. The Labute approximate surface area is 115 Å². The fourth-order valence-electron chi connectivity index (χ4n) is 2.99.